The lowest BCUT2D eigenvalue weighted by Crippen LogP contribution is -2.36. The van der Waals surface area contributed by atoms with Gasteiger partial charge in [0.1, 0.15) is 11.5 Å². The van der Waals surface area contributed by atoms with E-state index in [0.717, 1.165) is 50.9 Å². The van der Waals surface area contributed by atoms with Gasteiger partial charge in [-0.2, -0.15) is 0 Å². The first-order chi connectivity index (χ1) is 31.2. The number of fused-ring (bicyclic) bond motifs is 14. The molecule has 63 heavy (non-hydrogen) atoms. The quantitative estimate of drug-likeness (QED) is 0.176. The van der Waals surface area contributed by atoms with Crippen LogP contribution in [0.3, 0.4) is 0 Å². The van der Waals surface area contributed by atoms with Crippen molar-refractivity contribution in [1.29, 1.82) is 0 Å². The minimum atomic E-state index is -0.657. The second-order valence-electron chi connectivity index (χ2n) is 16.8. The van der Waals surface area contributed by atoms with Gasteiger partial charge in [0.15, 0.2) is 0 Å². The van der Waals surface area contributed by atoms with Crippen molar-refractivity contribution in [3.05, 3.63) is 241 Å². The molecule has 12 aromatic rings. The Labute approximate surface area is 367 Å². The van der Waals surface area contributed by atoms with Crippen molar-refractivity contribution in [2.45, 2.75) is 5.41 Å². The van der Waals surface area contributed by atoms with Crippen LogP contribution in [0.5, 0.6) is 11.5 Å². The molecule has 0 fully saturated rings. The highest BCUT2D eigenvalue weighted by Crippen LogP contribution is 2.62. The molecule has 14 rings (SSSR count). The maximum Gasteiger partial charge on any atom is 0.132 e. The zero-order valence-corrected chi connectivity index (χ0v) is 34.8. The molecule has 0 amide bonds. The van der Waals surface area contributed by atoms with Crippen LogP contribution in [0.25, 0.3) is 69.6 Å². The molecule has 10 aromatic carbocycles. The number of nitrogens with zero attached hydrogens (tertiary/aromatic N) is 2. The summed E-state index contributed by atoms with van der Waals surface area (Å²) >= 11 is 1.86. The lowest BCUT2D eigenvalue weighted by Gasteiger charge is -2.45. The molecule has 0 N–H and O–H groups in total. The SMILES string of the molecule is c1ccc(-n2c3ccccc3c3ccc(N(c4ccc5c(c4)C4(c6ccccc6Oc6ccccc64)c4cccc6cccc-5c46)c4ccc5c(c4)sc4ccccc45)cc32)cc1. The highest BCUT2D eigenvalue weighted by atomic mass is 32.1. The molecule has 0 saturated carbocycles. The lowest BCUT2D eigenvalue weighted by atomic mass is 9.58. The van der Waals surface area contributed by atoms with Gasteiger partial charge in [-0.1, -0.05) is 146 Å². The van der Waals surface area contributed by atoms with Gasteiger partial charge in [0.05, 0.1) is 16.4 Å². The monoisotopic (exact) mass is 820 g/mol. The van der Waals surface area contributed by atoms with E-state index in [-0.39, 0.29) is 0 Å². The largest absolute Gasteiger partial charge is 0.457 e. The fraction of sp³-hybridized carbons (Fsp3) is 0.0169. The summed E-state index contributed by atoms with van der Waals surface area (Å²) in [5.74, 6) is 1.77. The Morgan fingerprint density at radius 2 is 1.00 bits per heavy atom. The highest BCUT2D eigenvalue weighted by Gasteiger charge is 2.49. The second kappa shape index (κ2) is 13.0. The number of hydrogen-bond donors (Lipinski definition) is 0. The number of ether oxygens (including phenoxy) is 1. The highest BCUT2D eigenvalue weighted by molar-refractivity contribution is 7.25. The van der Waals surface area contributed by atoms with E-state index in [1.165, 1.54) is 69.5 Å². The molecule has 2 aromatic heterocycles. The molecule has 3 nitrogen and oxygen atoms in total. The van der Waals surface area contributed by atoms with Crippen LogP contribution in [0.2, 0.25) is 0 Å². The van der Waals surface area contributed by atoms with E-state index in [1.807, 2.05) is 11.3 Å². The molecular weight excluding hydrogens is 785 g/mol. The van der Waals surface area contributed by atoms with Crippen molar-refractivity contribution in [2.75, 3.05) is 4.90 Å². The van der Waals surface area contributed by atoms with Crippen molar-refractivity contribution < 1.29 is 4.74 Å². The van der Waals surface area contributed by atoms with E-state index in [0.29, 0.717) is 0 Å². The topological polar surface area (TPSA) is 17.4 Å². The van der Waals surface area contributed by atoms with Crippen LogP contribution in [0.1, 0.15) is 22.3 Å². The molecule has 3 heterocycles. The summed E-state index contributed by atoms with van der Waals surface area (Å²) in [6.45, 7) is 0. The van der Waals surface area contributed by atoms with E-state index >= 15 is 0 Å². The van der Waals surface area contributed by atoms with Crippen LogP contribution < -0.4 is 9.64 Å². The van der Waals surface area contributed by atoms with Crippen LogP contribution in [0.15, 0.2) is 218 Å². The van der Waals surface area contributed by atoms with Gasteiger partial charge in [-0.25, -0.2) is 0 Å². The molecule has 1 aliphatic heterocycles. The predicted molar refractivity (Wildman–Crippen MR) is 263 cm³/mol. The van der Waals surface area contributed by atoms with E-state index < -0.39 is 5.41 Å². The number of para-hydroxylation sites is 4. The van der Waals surface area contributed by atoms with E-state index in [1.54, 1.807) is 0 Å². The van der Waals surface area contributed by atoms with Crippen molar-refractivity contribution in [3.63, 3.8) is 0 Å². The molecule has 0 radical (unpaired) electrons. The van der Waals surface area contributed by atoms with Gasteiger partial charge in [-0.3, -0.25) is 0 Å². The zero-order chi connectivity index (χ0) is 41.2. The molecule has 1 spiro atoms. The standard InChI is InChI=1S/C59H36N2OS/c1-2-16-38(17-3-1)61-52-24-8-4-18-43(52)44-32-29-40(35-53(44)61)60(41-30-33-46-45-19-5-11-27-56(45)63-57(46)36-41)39-28-31-42-47-20-12-14-37-15-13-23-50(58(37)47)59(51(42)34-39)48-21-6-9-25-54(48)62-55-26-10-7-22-49(55)59/h1-36H. The zero-order valence-electron chi connectivity index (χ0n) is 34.0. The van der Waals surface area contributed by atoms with Gasteiger partial charge in [0.25, 0.3) is 0 Å². The van der Waals surface area contributed by atoms with E-state index in [9.17, 15) is 0 Å². The Morgan fingerprint density at radius 1 is 0.397 bits per heavy atom. The van der Waals surface area contributed by atoms with Crippen molar-refractivity contribution >= 4 is 81.1 Å². The van der Waals surface area contributed by atoms with Crippen molar-refractivity contribution in [2.24, 2.45) is 0 Å². The van der Waals surface area contributed by atoms with Crippen LogP contribution in [0, 0.1) is 0 Å². The maximum atomic E-state index is 6.79. The first-order valence-corrected chi connectivity index (χ1v) is 22.4. The first-order valence-electron chi connectivity index (χ1n) is 21.6. The average molecular weight is 821 g/mol. The Balaban J connectivity index is 1.09. The number of hydrogen-bond acceptors (Lipinski definition) is 3. The smallest absolute Gasteiger partial charge is 0.132 e. The summed E-state index contributed by atoms with van der Waals surface area (Å²) < 4.78 is 11.8. The van der Waals surface area contributed by atoms with Gasteiger partial charge in [0.2, 0.25) is 0 Å². The summed E-state index contributed by atoms with van der Waals surface area (Å²) in [5.41, 5.74) is 13.4. The summed E-state index contributed by atoms with van der Waals surface area (Å²) in [6, 6.07) is 80.4. The molecule has 2 aliphatic rings. The fourth-order valence-electron chi connectivity index (χ4n) is 11.1. The number of anilines is 3. The summed E-state index contributed by atoms with van der Waals surface area (Å²) in [5, 5.41) is 7.57. The molecular formula is C59H36N2OS. The second-order valence-corrected chi connectivity index (χ2v) is 17.9. The van der Waals surface area contributed by atoms with Crippen molar-refractivity contribution in [1.82, 2.24) is 4.57 Å². The number of thiophene rings is 1. The number of rotatable bonds is 4. The van der Waals surface area contributed by atoms with Crippen LogP contribution >= 0.6 is 11.3 Å². The summed E-state index contributed by atoms with van der Waals surface area (Å²) in [4.78, 5) is 2.47. The molecule has 0 atom stereocenters. The van der Waals surface area contributed by atoms with Crippen LogP contribution in [0.4, 0.5) is 17.1 Å². The Morgan fingerprint density at radius 3 is 1.83 bits per heavy atom. The molecule has 0 unspecified atom stereocenters. The minimum Gasteiger partial charge on any atom is -0.457 e. The number of aromatic nitrogens is 1. The van der Waals surface area contributed by atoms with Gasteiger partial charge in [-0.05, 0) is 106 Å². The molecule has 294 valence electrons. The summed E-state index contributed by atoms with van der Waals surface area (Å²) in [6.07, 6.45) is 0. The van der Waals surface area contributed by atoms with Crippen molar-refractivity contribution in [3.8, 4) is 28.3 Å². The average Bonchev–Trinajstić information content (AvgIpc) is 3.88. The van der Waals surface area contributed by atoms with Crippen LogP contribution in [-0.2, 0) is 5.41 Å². The molecule has 0 bridgehead atoms. The third-order valence-electron chi connectivity index (χ3n) is 13.6. The minimum absolute atomic E-state index is 0.657. The van der Waals surface area contributed by atoms with Gasteiger partial charge in [-0.15, -0.1) is 11.3 Å². The lowest BCUT2D eigenvalue weighted by molar-refractivity contribution is 0.435. The molecule has 4 heteroatoms. The van der Waals surface area contributed by atoms with Gasteiger partial charge in [0, 0.05) is 64.8 Å². The maximum absolute atomic E-state index is 6.79. The Kier molecular flexibility index (Phi) is 7.20. The third-order valence-corrected chi connectivity index (χ3v) is 14.8. The van der Waals surface area contributed by atoms with E-state index in [4.69, 9.17) is 4.74 Å². The Hall–Kier alpha value is -7.92. The van der Waals surface area contributed by atoms with Gasteiger partial charge < -0.3 is 14.2 Å². The summed E-state index contributed by atoms with van der Waals surface area (Å²) in [7, 11) is 0. The van der Waals surface area contributed by atoms with Crippen LogP contribution in [-0.4, -0.2) is 4.57 Å². The number of benzene rings is 10. The Bertz CT molecular complexity index is 3810. The molecule has 0 saturated heterocycles. The normalized spacial score (nSPS) is 13.3. The van der Waals surface area contributed by atoms with Gasteiger partial charge >= 0.3 is 0 Å². The van der Waals surface area contributed by atoms with E-state index in [2.05, 4.69) is 228 Å². The first kappa shape index (κ1) is 34.8. The third kappa shape index (κ3) is 4.79. The fourth-order valence-corrected chi connectivity index (χ4v) is 12.2. The predicted octanol–water partition coefficient (Wildman–Crippen LogP) is 16.2. The molecule has 1 aliphatic carbocycles.